The molecule has 1 unspecified atom stereocenters. The zero-order chi connectivity index (χ0) is 15.3. The van der Waals surface area contributed by atoms with Crippen LogP contribution in [-0.2, 0) is 10.0 Å². The summed E-state index contributed by atoms with van der Waals surface area (Å²) in [5, 5.41) is 8.92. The Morgan fingerprint density at radius 1 is 1.30 bits per heavy atom. The molecule has 6 heteroatoms. The Balaban J connectivity index is 2.78. The molecule has 1 atom stereocenters. The van der Waals surface area contributed by atoms with Gasteiger partial charge in [0.25, 0.3) is 0 Å². The van der Waals surface area contributed by atoms with Gasteiger partial charge in [0.1, 0.15) is 4.90 Å². The molecule has 0 saturated heterocycles. The minimum Gasteiger partial charge on any atom is -0.397 e. The summed E-state index contributed by atoms with van der Waals surface area (Å²) in [6.07, 6.45) is 1.47. The van der Waals surface area contributed by atoms with Gasteiger partial charge in [0.15, 0.2) is 0 Å². The predicted octanol–water partition coefficient (Wildman–Crippen LogP) is 1.57. The molecule has 1 aromatic rings. The Hall–Kier alpha value is -1.11. The Labute approximate surface area is 121 Å². The molecule has 0 fully saturated rings. The van der Waals surface area contributed by atoms with Gasteiger partial charge in [0.05, 0.1) is 5.69 Å². The van der Waals surface area contributed by atoms with Crippen LogP contribution in [0.4, 0.5) is 5.69 Å². The van der Waals surface area contributed by atoms with Crippen molar-refractivity contribution in [2.45, 2.75) is 38.5 Å². The molecule has 0 bridgehead atoms. The van der Waals surface area contributed by atoms with E-state index < -0.39 is 10.0 Å². The number of hydrogen-bond donors (Lipinski definition) is 3. The van der Waals surface area contributed by atoms with Gasteiger partial charge in [-0.2, -0.15) is 0 Å². The largest absolute Gasteiger partial charge is 0.397 e. The molecular weight excluding hydrogens is 276 g/mol. The molecule has 20 heavy (non-hydrogen) atoms. The topological polar surface area (TPSA) is 92.4 Å². The number of nitrogens with two attached hydrogens (primary N) is 1. The molecule has 0 amide bonds. The van der Waals surface area contributed by atoms with E-state index in [4.69, 9.17) is 10.8 Å². The lowest BCUT2D eigenvalue weighted by Gasteiger charge is -2.14. The fourth-order valence-corrected chi connectivity index (χ4v) is 3.48. The van der Waals surface area contributed by atoms with Crippen LogP contribution >= 0.6 is 0 Å². The summed E-state index contributed by atoms with van der Waals surface area (Å²) in [5.74, 6) is 0.185. The number of nitrogen functional groups attached to an aromatic ring is 1. The van der Waals surface area contributed by atoms with Crippen molar-refractivity contribution in [1.82, 2.24) is 4.72 Å². The molecule has 5 nitrogen and oxygen atoms in total. The number of rotatable bonds is 7. The molecule has 0 radical (unpaired) electrons. The van der Waals surface area contributed by atoms with Gasteiger partial charge in [-0.3, -0.25) is 0 Å². The first kappa shape index (κ1) is 16.9. The Kier molecular flexibility index (Phi) is 5.98. The Morgan fingerprint density at radius 3 is 2.50 bits per heavy atom. The summed E-state index contributed by atoms with van der Waals surface area (Å²) in [7, 11) is -3.59. The Bertz CT molecular complexity index is 556. The van der Waals surface area contributed by atoms with Crippen LogP contribution in [0.1, 0.15) is 30.9 Å². The molecule has 114 valence electrons. The number of sulfonamides is 1. The highest BCUT2D eigenvalue weighted by molar-refractivity contribution is 7.89. The zero-order valence-electron chi connectivity index (χ0n) is 12.3. The molecule has 0 spiro atoms. The summed E-state index contributed by atoms with van der Waals surface area (Å²) in [5.41, 5.74) is 7.60. The number of hydrogen-bond acceptors (Lipinski definition) is 4. The maximum atomic E-state index is 12.3. The molecule has 4 N–H and O–H groups in total. The second kappa shape index (κ2) is 7.06. The van der Waals surface area contributed by atoms with Crippen LogP contribution in [0.15, 0.2) is 17.0 Å². The highest BCUT2D eigenvalue weighted by atomic mass is 32.2. The standard InChI is InChI=1S/C14H24N2O3S/c1-10(9-17)5-4-8-16-20(18,19)14-12(3)7-6-11(2)13(14)15/h6-7,10,16-17H,4-5,8-9,15H2,1-3H3. The summed E-state index contributed by atoms with van der Waals surface area (Å²) < 4.78 is 27.2. The summed E-state index contributed by atoms with van der Waals surface area (Å²) in [4.78, 5) is 0.174. The second-order valence-corrected chi connectivity index (χ2v) is 6.97. The van der Waals surface area contributed by atoms with E-state index in [9.17, 15) is 8.42 Å². The van der Waals surface area contributed by atoms with Crippen LogP contribution < -0.4 is 10.5 Å². The lowest BCUT2D eigenvalue weighted by atomic mass is 10.1. The lowest BCUT2D eigenvalue weighted by Crippen LogP contribution is -2.27. The summed E-state index contributed by atoms with van der Waals surface area (Å²) >= 11 is 0. The molecule has 0 aliphatic heterocycles. The van der Waals surface area contributed by atoms with Gasteiger partial charge in [0.2, 0.25) is 10.0 Å². The molecule has 0 heterocycles. The number of anilines is 1. The highest BCUT2D eigenvalue weighted by Gasteiger charge is 2.20. The van der Waals surface area contributed by atoms with Crippen molar-refractivity contribution in [3.05, 3.63) is 23.3 Å². The third-order valence-electron chi connectivity index (χ3n) is 3.36. The smallest absolute Gasteiger partial charge is 0.242 e. The van der Waals surface area contributed by atoms with Crippen molar-refractivity contribution >= 4 is 15.7 Å². The summed E-state index contributed by atoms with van der Waals surface area (Å²) in [6.45, 7) is 5.92. The third kappa shape index (κ3) is 4.19. The molecule has 0 aromatic heterocycles. The van der Waals surface area contributed by atoms with Crippen LogP contribution in [0.5, 0.6) is 0 Å². The van der Waals surface area contributed by atoms with Crippen LogP contribution in [0, 0.1) is 19.8 Å². The molecule has 0 saturated carbocycles. The van der Waals surface area contributed by atoms with E-state index in [-0.39, 0.29) is 17.4 Å². The van der Waals surface area contributed by atoms with Gasteiger partial charge >= 0.3 is 0 Å². The van der Waals surface area contributed by atoms with Crippen molar-refractivity contribution in [3.8, 4) is 0 Å². The van der Waals surface area contributed by atoms with Crippen LogP contribution in [-0.4, -0.2) is 26.7 Å². The maximum absolute atomic E-state index is 12.3. The van der Waals surface area contributed by atoms with Gasteiger partial charge in [-0.1, -0.05) is 19.1 Å². The summed E-state index contributed by atoms with van der Waals surface area (Å²) in [6, 6.07) is 3.57. The molecule has 0 aliphatic rings. The van der Waals surface area contributed by atoms with Gasteiger partial charge in [-0.05, 0) is 43.7 Å². The van der Waals surface area contributed by atoms with Crippen LogP contribution in [0.3, 0.4) is 0 Å². The fourth-order valence-electron chi connectivity index (χ4n) is 1.98. The number of aryl methyl sites for hydroxylation is 2. The monoisotopic (exact) mass is 300 g/mol. The van der Waals surface area contributed by atoms with E-state index in [0.717, 1.165) is 12.0 Å². The van der Waals surface area contributed by atoms with Crippen molar-refractivity contribution in [2.24, 2.45) is 5.92 Å². The van der Waals surface area contributed by atoms with Gasteiger partial charge in [0, 0.05) is 13.2 Å². The van der Waals surface area contributed by atoms with Gasteiger partial charge < -0.3 is 10.8 Å². The first-order chi connectivity index (χ1) is 9.29. The van der Waals surface area contributed by atoms with E-state index in [1.54, 1.807) is 19.9 Å². The van der Waals surface area contributed by atoms with Crippen LogP contribution in [0.2, 0.25) is 0 Å². The first-order valence-corrected chi connectivity index (χ1v) is 8.24. The van der Waals surface area contributed by atoms with Crippen LogP contribution in [0.25, 0.3) is 0 Å². The normalized spacial score (nSPS) is 13.4. The molecule has 0 aliphatic carbocycles. The minimum absolute atomic E-state index is 0.122. The number of nitrogens with one attached hydrogen (secondary N) is 1. The van der Waals surface area contributed by atoms with E-state index in [2.05, 4.69) is 4.72 Å². The predicted molar refractivity (Wildman–Crippen MR) is 81.0 cm³/mol. The average Bonchev–Trinajstić information content (AvgIpc) is 2.39. The number of aliphatic hydroxyl groups excluding tert-OH is 1. The molecule has 1 aromatic carbocycles. The fraction of sp³-hybridized carbons (Fsp3) is 0.571. The zero-order valence-corrected chi connectivity index (χ0v) is 13.1. The quantitative estimate of drug-likeness (QED) is 0.526. The maximum Gasteiger partial charge on any atom is 0.242 e. The van der Waals surface area contributed by atoms with E-state index in [1.807, 2.05) is 13.0 Å². The average molecular weight is 300 g/mol. The SMILES string of the molecule is Cc1ccc(C)c(S(=O)(=O)NCCCC(C)CO)c1N. The minimum atomic E-state index is -3.59. The third-order valence-corrected chi connectivity index (χ3v) is 5.02. The van der Waals surface area contributed by atoms with Gasteiger partial charge in [-0.15, -0.1) is 0 Å². The van der Waals surface area contributed by atoms with Gasteiger partial charge in [-0.25, -0.2) is 13.1 Å². The van der Waals surface area contributed by atoms with E-state index >= 15 is 0 Å². The number of aliphatic hydroxyl groups is 1. The van der Waals surface area contributed by atoms with Crippen molar-refractivity contribution in [1.29, 1.82) is 0 Å². The van der Waals surface area contributed by atoms with Crippen molar-refractivity contribution in [3.63, 3.8) is 0 Å². The Morgan fingerprint density at radius 2 is 1.90 bits per heavy atom. The van der Waals surface area contributed by atoms with E-state index in [0.29, 0.717) is 24.2 Å². The van der Waals surface area contributed by atoms with E-state index in [1.165, 1.54) is 0 Å². The first-order valence-electron chi connectivity index (χ1n) is 6.75. The highest BCUT2D eigenvalue weighted by Crippen LogP contribution is 2.25. The van der Waals surface area contributed by atoms with Crippen molar-refractivity contribution < 1.29 is 13.5 Å². The molecule has 1 rings (SSSR count). The second-order valence-electron chi connectivity index (χ2n) is 5.27. The number of benzene rings is 1. The van der Waals surface area contributed by atoms with Crippen molar-refractivity contribution in [2.75, 3.05) is 18.9 Å². The molecular formula is C14H24N2O3S. The lowest BCUT2D eigenvalue weighted by molar-refractivity contribution is 0.228.